The second-order valence-corrected chi connectivity index (χ2v) is 4.83. The maximum atomic E-state index is 6.10. The number of benzene rings is 1. The molecule has 1 aliphatic rings. The summed E-state index contributed by atoms with van der Waals surface area (Å²) in [6.07, 6.45) is 3.42. The molecule has 0 unspecified atom stereocenters. The molecule has 1 fully saturated rings. The molecule has 20 heavy (non-hydrogen) atoms. The molecule has 106 valence electrons. The molecule has 2 aromatic rings. The Morgan fingerprint density at radius 3 is 2.50 bits per heavy atom. The minimum atomic E-state index is 0.368. The molecule has 0 bridgehead atoms. The van der Waals surface area contributed by atoms with Crippen molar-refractivity contribution in [3.05, 3.63) is 12.1 Å². The average Bonchev–Trinajstić information content (AvgIpc) is 2.85. The van der Waals surface area contributed by atoms with E-state index in [1.54, 1.807) is 20.3 Å². The fourth-order valence-electron chi connectivity index (χ4n) is 2.34. The zero-order chi connectivity index (χ0) is 14.1. The molecule has 1 aromatic carbocycles. The number of ether oxygens (including phenoxy) is 2. The van der Waals surface area contributed by atoms with Gasteiger partial charge in [0.05, 0.1) is 20.3 Å². The first kappa shape index (κ1) is 12.7. The van der Waals surface area contributed by atoms with Crippen molar-refractivity contribution in [2.75, 3.05) is 20.0 Å². The van der Waals surface area contributed by atoms with E-state index < -0.39 is 0 Å². The molecule has 2 N–H and O–H groups in total. The van der Waals surface area contributed by atoms with Crippen molar-refractivity contribution in [1.82, 2.24) is 20.2 Å². The number of anilines is 1. The van der Waals surface area contributed by atoms with Gasteiger partial charge < -0.3 is 15.2 Å². The summed E-state index contributed by atoms with van der Waals surface area (Å²) in [6.45, 7) is 0. The number of hydrogen-bond donors (Lipinski definition) is 1. The Morgan fingerprint density at radius 1 is 1.20 bits per heavy atom. The van der Waals surface area contributed by atoms with E-state index in [0.29, 0.717) is 29.1 Å². The van der Waals surface area contributed by atoms with Crippen LogP contribution in [0.1, 0.15) is 25.3 Å². The Labute approximate surface area is 116 Å². The summed E-state index contributed by atoms with van der Waals surface area (Å²) in [4.78, 5) is 0. The third kappa shape index (κ3) is 1.95. The van der Waals surface area contributed by atoms with Crippen molar-refractivity contribution in [2.45, 2.75) is 25.3 Å². The van der Waals surface area contributed by atoms with Crippen LogP contribution in [-0.4, -0.2) is 34.4 Å². The van der Waals surface area contributed by atoms with Crippen LogP contribution in [0.5, 0.6) is 11.5 Å². The largest absolute Gasteiger partial charge is 0.493 e. The van der Waals surface area contributed by atoms with E-state index in [4.69, 9.17) is 15.2 Å². The van der Waals surface area contributed by atoms with Gasteiger partial charge in [-0.3, -0.25) is 0 Å². The van der Waals surface area contributed by atoms with Crippen LogP contribution in [0, 0.1) is 0 Å². The molecule has 3 rings (SSSR count). The van der Waals surface area contributed by atoms with Gasteiger partial charge in [0.1, 0.15) is 0 Å². The Bertz CT molecular complexity index is 621. The van der Waals surface area contributed by atoms with E-state index in [9.17, 15) is 0 Å². The Kier molecular flexibility index (Phi) is 3.17. The van der Waals surface area contributed by atoms with E-state index in [2.05, 4.69) is 15.5 Å². The molecule has 1 aliphatic carbocycles. The van der Waals surface area contributed by atoms with Crippen molar-refractivity contribution in [2.24, 2.45) is 0 Å². The number of nitrogen functional groups attached to an aromatic ring is 1. The number of rotatable bonds is 4. The van der Waals surface area contributed by atoms with Crippen LogP contribution in [0.4, 0.5) is 5.69 Å². The zero-order valence-electron chi connectivity index (χ0n) is 11.5. The highest BCUT2D eigenvalue weighted by Gasteiger charge is 2.25. The summed E-state index contributed by atoms with van der Waals surface area (Å²) < 4.78 is 12.4. The van der Waals surface area contributed by atoms with Crippen LogP contribution >= 0.6 is 0 Å². The lowest BCUT2D eigenvalue weighted by Gasteiger charge is -2.26. The van der Waals surface area contributed by atoms with Gasteiger partial charge in [-0.05, 0) is 35.8 Å². The fourth-order valence-corrected chi connectivity index (χ4v) is 2.34. The smallest absolute Gasteiger partial charge is 0.184 e. The fraction of sp³-hybridized carbons (Fsp3) is 0.462. The van der Waals surface area contributed by atoms with Crippen molar-refractivity contribution in [1.29, 1.82) is 0 Å². The maximum Gasteiger partial charge on any atom is 0.184 e. The lowest BCUT2D eigenvalue weighted by Crippen LogP contribution is -2.19. The van der Waals surface area contributed by atoms with Gasteiger partial charge in [-0.2, -0.15) is 0 Å². The van der Waals surface area contributed by atoms with Gasteiger partial charge in [0, 0.05) is 17.3 Å². The number of aromatic nitrogens is 4. The first-order valence-electron chi connectivity index (χ1n) is 6.54. The van der Waals surface area contributed by atoms with E-state index in [-0.39, 0.29) is 0 Å². The summed E-state index contributed by atoms with van der Waals surface area (Å²) in [6, 6.07) is 3.91. The molecule has 0 radical (unpaired) electrons. The van der Waals surface area contributed by atoms with E-state index in [0.717, 1.165) is 18.4 Å². The summed E-state index contributed by atoms with van der Waals surface area (Å²) in [7, 11) is 3.17. The number of nitrogens with zero attached hydrogens (tertiary/aromatic N) is 4. The van der Waals surface area contributed by atoms with Gasteiger partial charge >= 0.3 is 0 Å². The average molecular weight is 275 g/mol. The van der Waals surface area contributed by atoms with Gasteiger partial charge in [-0.1, -0.05) is 0 Å². The second kappa shape index (κ2) is 4.99. The van der Waals surface area contributed by atoms with Gasteiger partial charge in [-0.25, -0.2) is 4.68 Å². The number of tetrazole rings is 1. The first-order valence-corrected chi connectivity index (χ1v) is 6.54. The standard InChI is InChI=1S/C13H17N5O2/c1-19-11-6-9(10(14)7-12(11)20-2)13-15-16-17-18(13)8-4-3-5-8/h6-8H,3-5,14H2,1-2H3. The molecule has 0 saturated heterocycles. The molecule has 0 atom stereocenters. The van der Waals surface area contributed by atoms with Crippen molar-refractivity contribution in [3.63, 3.8) is 0 Å². The molecular formula is C13H17N5O2. The molecule has 7 nitrogen and oxygen atoms in total. The summed E-state index contributed by atoms with van der Waals surface area (Å²) >= 11 is 0. The van der Waals surface area contributed by atoms with Crippen LogP contribution in [0.2, 0.25) is 0 Å². The first-order chi connectivity index (χ1) is 9.74. The molecule has 1 aromatic heterocycles. The minimum absolute atomic E-state index is 0.368. The summed E-state index contributed by atoms with van der Waals surface area (Å²) in [5.74, 6) is 1.88. The van der Waals surface area contributed by atoms with Crippen LogP contribution < -0.4 is 15.2 Å². The monoisotopic (exact) mass is 275 g/mol. The van der Waals surface area contributed by atoms with Gasteiger partial charge in [0.2, 0.25) is 0 Å². The lowest BCUT2D eigenvalue weighted by molar-refractivity contribution is 0.287. The zero-order valence-corrected chi connectivity index (χ0v) is 11.5. The van der Waals surface area contributed by atoms with Gasteiger partial charge in [0.15, 0.2) is 17.3 Å². The Balaban J connectivity index is 2.07. The topological polar surface area (TPSA) is 88.1 Å². The lowest BCUT2D eigenvalue weighted by atomic mass is 9.93. The van der Waals surface area contributed by atoms with Crippen LogP contribution in [-0.2, 0) is 0 Å². The normalized spacial score (nSPS) is 14.9. The number of hydrogen-bond acceptors (Lipinski definition) is 6. The third-order valence-electron chi connectivity index (χ3n) is 3.71. The molecule has 1 saturated carbocycles. The third-order valence-corrected chi connectivity index (χ3v) is 3.71. The van der Waals surface area contributed by atoms with Crippen molar-refractivity contribution in [3.8, 4) is 22.9 Å². The molecule has 1 heterocycles. The summed E-state index contributed by atoms with van der Waals surface area (Å²) in [5, 5.41) is 12.0. The Morgan fingerprint density at radius 2 is 1.90 bits per heavy atom. The second-order valence-electron chi connectivity index (χ2n) is 4.83. The van der Waals surface area contributed by atoms with Crippen LogP contribution in [0.3, 0.4) is 0 Å². The molecular weight excluding hydrogens is 258 g/mol. The van der Waals surface area contributed by atoms with Gasteiger partial charge in [0.25, 0.3) is 0 Å². The molecule has 0 aliphatic heterocycles. The SMILES string of the molecule is COc1cc(N)c(-c2nnnn2C2CCC2)cc1OC. The summed E-state index contributed by atoms with van der Waals surface area (Å²) in [5.41, 5.74) is 7.43. The van der Waals surface area contributed by atoms with Crippen molar-refractivity contribution >= 4 is 5.69 Å². The van der Waals surface area contributed by atoms with E-state index in [1.807, 2.05) is 10.7 Å². The van der Waals surface area contributed by atoms with E-state index in [1.165, 1.54) is 6.42 Å². The molecule has 0 spiro atoms. The van der Waals surface area contributed by atoms with Crippen molar-refractivity contribution < 1.29 is 9.47 Å². The highest BCUT2D eigenvalue weighted by atomic mass is 16.5. The number of nitrogens with two attached hydrogens (primary N) is 1. The predicted octanol–water partition coefficient (Wildman–Crippen LogP) is 1.66. The predicted molar refractivity (Wildman–Crippen MR) is 73.7 cm³/mol. The molecule has 7 heteroatoms. The van der Waals surface area contributed by atoms with Crippen LogP contribution in [0.15, 0.2) is 12.1 Å². The maximum absolute atomic E-state index is 6.10. The van der Waals surface area contributed by atoms with Crippen LogP contribution in [0.25, 0.3) is 11.4 Å². The van der Waals surface area contributed by atoms with E-state index >= 15 is 0 Å². The minimum Gasteiger partial charge on any atom is -0.493 e. The highest BCUT2D eigenvalue weighted by molar-refractivity contribution is 5.75. The molecule has 0 amide bonds. The van der Waals surface area contributed by atoms with Gasteiger partial charge in [-0.15, -0.1) is 5.10 Å². The number of methoxy groups -OCH3 is 2. The quantitative estimate of drug-likeness (QED) is 0.854. The Hall–Kier alpha value is -2.31. The highest BCUT2D eigenvalue weighted by Crippen LogP contribution is 2.39.